The number of nitrogens with zero attached hydrogens (tertiary/aromatic N) is 2. The molecule has 18 heavy (non-hydrogen) atoms. The highest BCUT2D eigenvalue weighted by atomic mass is 35.5. The van der Waals surface area contributed by atoms with Gasteiger partial charge >= 0.3 is 7.12 Å². The van der Waals surface area contributed by atoms with Crippen LogP contribution in [0.4, 0.5) is 0 Å². The van der Waals surface area contributed by atoms with Crippen LogP contribution in [0.2, 0.25) is 5.02 Å². The first kappa shape index (κ1) is 13.8. The molecule has 0 bridgehead atoms. The molecule has 1 fully saturated rings. The Morgan fingerprint density at radius 3 is 2.50 bits per heavy atom. The Labute approximate surface area is 113 Å². The molecule has 0 amide bonds. The molecule has 4 nitrogen and oxygen atoms in total. The highest BCUT2D eigenvalue weighted by molar-refractivity contribution is 6.59. The molecule has 0 saturated carbocycles. The molecular formula is C12H18BClN2O2. The number of benzene rings is 1. The van der Waals surface area contributed by atoms with Crippen molar-refractivity contribution >= 4 is 24.2 Å². The highest BCUT2D eigenvalue weighted by Gasteiger charge is 2.21. The molecule has 1 aliphatic heterocycles. The smallest absolute Gasteiger partial charge is 0.423 e. The van der Waals surface area contributed by atoms with Gasteiger partial charge in [0.05, 0.1) is 0 Å². The van der Waals surface area contributed by atoms with E-state index in [1.807, 2.05) is 0 Å². The van der Waals surface area contributed by atoms with Gasteiger partial charge in [0, 0.05) is 37.7 Å². The molecule has 0 radical (unpaired) electrons. The van der Waals surface area contributed by atoms with Crippen LogP contribution in [-0.4, -0.2) is 60.2 Å². The van der Waals surface area contributed by atoms with E-state index in [0.29, 0.717) is 17.0 Å². The third-order valence-electron chi connectivity index (χ3n) is 3.41. The molecule has 0 aliphatic carbocycles. The van der Waals surface area contributed by atoms with E-state index < -0.39 is 7.12 Å². The molecule has 1 aromatic carbocycles. The monoisotopic (exact) mass is 268 g/mol. The fourth-order valence-corrected chi connectivity index (χ4v) is 2.46. The molecule has 0 spiro atoms. The van der Waals surface area contributed by atoms with Gasteiger partial charge in [0.2, 0.25) is 0 Å². The van der Waals surface area contributed by atoms with Crippen molar-refractivity contribution in [3.8, 4) is 0 Å². The molecule has 1 heterocycles. The molecule has 98 valence electrons. The predicted octanol–water partition coefficient (Wildman–Crippen LogP) is -0.233. The molecule has 6 heteroatoms. The standard InChI is InChI=1S/C12H18BClN2O2/c1-15-5-7-16(8-6-15)9-10-11(13(17)18)3-2-4-12(10)14/h2-4,17-18H,5-9H2,1H3. The Hall–Kier alpha value is -0.585. The van der Waals surface area contributed by atoms with E-state index in [0.717, 1.165) is 31.7 Å². The van der Waals surface area contributed by atoms with Crippen LogP contribution in [0.25, 0.3) is 0 Å². The van der Waals surface area contributed by atoms with E-state index in [9.17, 15) is 10.0 Å². The molecule has 0 atom stereocenters. The number of likely N-dealkylation sites (N-methyl/N-ethyl adjacent to an activating group) is 1. The number of rotatable bonds is 3. The summed E-state index contributed by atoms with van der Waals surface area (Å²) >= 11 is 6.16. The lowest BCUT2D eigenvalue weighted by Gasteiger charge is -2.33. The summed E-state index contributed by atoms with van der Waals surface area (Å²) in [5, 5.41) is 19.3. The number of halogens is 1. The minimum absolute atomic E-state index is 0.501. The maximum atomic E-state index is 9.37. The average molecular weight is 269 g/mol. The minimum atomic E-state index is -1.47. The van der Waals surface area contributed by atoms with E-state index >= 15 is 0 Å². The number of hydrogen-bond acceptors (Lipinski definition) is 4. The first-order valence-electron chi connectivity index (χ1n) is 6.12. The topological polar surface area (TPSA) is 46.9 Å². The zero-order chi connectivity index (χ0) is 13.1. The van der Waals surface area contributed by atoms with E-state index in [1.165, 1.54) is 0 Å². The third-order valence-corrected chi connectivity index (χ3v) is 3.76. The van der Waals surface area contributed by atoms with Crippen LogP contribution in [0.5, 0.6) is 0 Å². The van der Waals surface area contributed by atoms with Crippen LogP contribution in [0.1, 0.15) is 5.56 Å². The van der Waals surface area contributed by atoms with Crippen LogP contribution >= 0.6 is 11.6 Å². The third kappa shape index (κ3) is 3.25. The van der Waals surface area contributed by atoms with Gasteiger partial charge in [-0.3, -0.25) is 4.90 Å². The largest absolute Gasteiger partial charge is 0.488 e. The Balaban J connectivity index is 2.13. The van der Waals surface area contributed by atoms with Crippen molar-refractivity contribution in [3.63, 3.8) is 0 Å². The Morgan fingerprint density at radius 2 is 1.89 bits per heavy atom. The quantitative estimate of drug-likeness (QED) is 0.744. The summed E-state index contributed by atoms with van der Waals surface area (Å²) < 4.78 is 0. The van der Waals surface area contributed by atoms with Crippen molar-refractivity contribution in [2.24, 2.45) is 0 Å². The van der Waals surface area contributed by atoms with E-state index in [1.54, 1.807) is 18.2 Å². The number of piperazine rings is 1. The van der Waals surface area contributed by atoms with E-state index in [4.69, 9.17) is 11.6 Å². The van der Waals surface area contributed by atoms with Gasteiger partial charge in [-0.1, -0.05) is 23.7 Å². The van der Waals surface area contributed by atoms with Crippen LogP contribution in [0.3, 0.4) is 0 Å². The van der Waals surface area contributed by atoms with Gasteiger partial charge in [0.25, 0.3) is 0 Å². The molecule has 0 unspecified atom stereocenters. The fraction of sp³-hybridized carbons (Fsp3) is 0.500. The molecule has 1 aliphatic rings. The maximum absolute atomic E-state index is 9.37. The second-order valence-corrected chi connectivity index (χ2v) is 5.17. The van der Waals surface area contributed by atoms with Crippen LogP contribution < -0.4 is 5.46 Å². The lowest BCUT2D eigenvalue weighted by Crippen LogP contribution is -2.45. The predicted molar refractivity (Wildman–Crippen MR) is 74.1 cm³/mol. The van der Waals surface area contributed by atoms with Gasteiger partial charge in [0.1, 0.15) is 0 Å². The van der Waals surface area contributed by atoms with Gasteiger partial charge in [-0.25, -0.2) is 0 Å². The molecule has 2 rings (SSSR count). The van der Waals surface area contributed by atoms with Gasteiger partial charge in [0.15, 0.2) is 0 Å². The fourth-order valence-electron chi connectivity index (χ4n) is 2.21. The lowest BCUT2D eigenvalue weighted by molar-refractivity contribution is 0.148. The van der Waals surface area contributed by atoms with Crippen LogP contribution in [0, 0.1) is 0 Å². The van der Waals surface area contributed by atoms with Crippen molar-refractivity contribution in [1.82, 2.24) is 9.80 Å². The maximum Gasteiger partial charge on any atom is 0.488 e. The first-order valence-corrected chi connectivity index (χ1v) is 6.50. The van der Waals surface area contributed by atoms with E-state index in [2.05, 4.69) is 16.8 Å². The Morgan fingerprint density at radius 1 is 1.22 bits per heavy atom. The summed E-state index contributed by atoms with van der Waals surface area (Å²) in [6.45, 7) is 4.68. The molecule has 1 aromatic rings. The highest BCUT2D eigenvalue weighted by Crippen LogP contribution is 2.16. The second kappa shape index (κ2) is 6.04. The SMILES string of the molecule is CN1CCN(Cc2c(Cl)cccc2B(O)O)CC1. The molecule has 2 N–H and O–H groups in total. The summed E-state index contributed by atoms with van der Waals surface area (Å²) in [4.78, 5) is 4.57. The van der Waals surface area contributed by atoms with Crippen molar-refractivity contribution < 1.29 is 10.0 Å². The first-order chi connectivity index (χ1) is 8.58. The summed E-state index contributed by atoms with van der Waals surface area (Å²) in [7, 11) is 0.640. The van der Waals surface area contributed by atoms with E-state index in [-0.39, 0.29) is 0 Å². The minimum Gasteiger partial charge on any atom is -0.423 e. The van der Waals surface area contributed by atoms with Gasteiger partial charge in [-0.2, -0.15) is 0 Å². The van der Waals surface area contributed by atoms with Gasteiger partial charge < -0.3 is 14.9 Å². The van der Waals surface area contributed by atoms with Crippen molar-refractivity contribution in [3.05, 3.63) is 28.8 Å². The summed E-state index contributed by atoms with van der Waals surface area (Å²) in [6, 6.07) is 5.24. The Kier molecular flexibility index (Phi) is 4.64. The van der Waals surface area contributed by atoms with Crippen LogP contribution in [0.15, 0.2) is 18.2 Å². The second-order valence-electron chi connectivity index (χ2n) is 4.76. The van der Waals surface area contributed by atoms with Crippen molar-refractivity contribution in [2.75, 3.05) is 33.2 Å². The molecule has 0 aromatic heterocycles. The summed E-state index contributed by atoms with van der Waals surface area (Å²) in [5.41, 5.74) is 1.32. The van der Waals surface area contributed by atoms with Crippen molar-refractivity contribution in [2.45, 2.75) is 6.54 Å². The van der Waals surface area contributed by atoms with Gasteiger partial charge in [-0.05, 0) is 24.1 Å². The normalized spacial score (nSPS) is 18.0. The van der Waals surface area contributed by atoms with Crippen LogP contribution in [-0.2, 0) is 6.54 Å². The Bertz CT molecular complexity index is 409. The summed E-state index contributed by atoms with van der Waals surface area (Å²) in [6.07, 6.45) is 0. The average Bonchev–Trinajstić information content (AvgIpc) is 2.34. The zero-order valence-corrected chi connectivity index (χ0v) is 11.3. The lowest BCUT2D eigenvalue weighted by atomic mass is 9.77. The van der Waals surface area contributed by atoms with Crippen molar-refractivity contribution in [1.29, 1.82) is 0 Å². The number of hydrogen-bond donors (Lipinski definition) is 2. The van der Waals surface area contributed by atoms with Gasteiger partial charge in [-0.15, -0.1) is 0 Å². The zero-order valence-electron chi connectivity index (χ0n) is 10.5. The summed E-state index contributed by atoms with van der Waals surface area (Å²) in [5.74, 6) is 0. The molecule has 1 saturated heterocycles. The molecular weight excluding hydrogens is 250 g/mol.